The van der Waals surface area contributed by atoms with Gasteiger partial charge in [0, 0.05) is 5.02 Å². The lowest BCUT2D eigenvalue weighted by molar-refractivity contribution is -0.117. The van der Waals surface area contributed by atoms with Gasteiger partial charge in [-0.1, -0.05) is 35.1 Å². The Morgan fingerprint density at radius 2 is 2.08 bits per heavy atom. The van der Waals surface area contributed by atoms with Crippen LogP contribution < -0.4 is 5.01 Å². The Labute approximate surface area is 157 Å². The Bertz CT molecular complexity index is 1040. The molecule has 0 radical (unpaired) electrons. The van der Waals surface area contributed by atoms with Crippen LogP contribution in [0, 0.1) is 0 Å². The first-order valence-corrected chi connectivity index (χ1v) is 8.86. The molecule has 1 unspecified atom stereocenters. The number of hydrogen-bond acceptors (Lipinski definition) is 7. The molecular weight excluding hydrogens is 374 g/mol. The summed E-state index contributed by atoms with van der Waals surface area (Å²) in [6.07, 6.45) is 0. The van der Waals surface area contributed by atoms with Gasteiger partial charge in [0.2, 0.25) is 5.13 Å². The molecule has 0 bridgehead atoms. The Balaban J connectivity index is 1.62. The number of carbonyl (C=O) groups is 1. The van der Waals surface area contributed by atoms with Gasteiger partial charge in [0.25, 0.3) is 5.91 Å². The monoisotopic (exact) mass is 385 g/mol. The van der Waals surface area contributed by atoms with Gasteiger partial charge in [-0.05, 0) is 37.3 Å². The number of fused-ring (bicyclic) bond motifs is 1. The highest BCUT2D eigenvalue weighted by Crippen LogP contribution is 2.33. The lowest BCUT2D eigenvalue weighted by atomic mass is 10.2. The van der Waals surface area contributed by atoms with Crippen LogP contribution in [0.3, 0.4) is 0 Å². The first kappa shape index (κ1) is 16.6. The maximum atomic E-state index is 12.7. The normalized spacial score (nSPS) is 17.5. The minimum absolute atomic E-state index is 0.0683. The largest absolute Gasteiger partial charge is 0.506 e. The summed E-state index contributed by atoms with van der Waals surface area (Å²) in [5.74, 6) is -0.409. The Hall–Kier alpha value is -2.84. The third-order valence-electron chi connectivity index (χ3n) is 3.78. The van der Waals surface area contributed by atoms with E-state index in [2.05, 4.69) is 20.3 Å². The predicted octanol–water partition coefficient (Wildman–Crippen LogP) is 4.53. The van der Waals surface area contributed by atoms with E-state index in [1.54, 1.807) is 6.92 Å². The van der Waals surface area contributed by atoms with Crippen LogP contribution in [0.2, 0.25) is 5.02 Å². The fraction of sp³-hybridized carbons (Fsp3) is 0.118. The zero-order valence-corrected chi connectivity index (χ0v) is 15.1. The number of azo groups is 1. The summed E-state index contributed by atoms with van der Waals surface area (Å²) in [5, 5.41) is 24.2. The quantitative estimate of drug-likeness (QED) is 0.671. The van der Waals surface area contributed by atoms with Gasteiger partial charge in [-0.3, -0.25) is 4.79 Å². The molecule has 2 aromatic carbocycles. The number of halogens is 1. The molecule has 2 heterocycles. The number of benzene rings is 2. The molecule has 4 rings (SSSR count). The molecule has 0 saturated heterocycles. The van der Waals surface area contributed by atoms with Crippen molar-refractivity contribution < 1.29 is 9.90 Å². The number of aromatic nitrogens is 1. The summed E-state index contributed by atoms with van der Waals surface area (Å²) in [6.45, 7) is 1.70. The van der Waals surface area contributed by atoms with Crippen LogP contribution in [-0.4, -0.2) is 27.8 Å². The average molecular weight is 386 g/mol. The van der Waals surface area contributed by atoms with E-state index in [-0.39, 0.29) is 17.3 Å². The molecule has 9 heteroatoms. The van der Waals surface area contributed by atoms with E-state index in [9.17, 15) is 9.90 Å². The number of amides is 1. The number of phenolic OH excluding ortho intramolecular Hbond substituents is 1. The molecule has 3 aromatic rings. The number of anilines is 1. The Morgan fingerprint density at radius 3 is 2.88 bits per heavy atom. The number of aromatic hydroxyl groups is 1. The van der Waals surface area contributed by atoms with E-state index in [1.807, 2.05) is 24.3 Å². The summed E-state index contributed by atoms with van der Waals surface area (Å²) < 4.78 is 0.970. The zero-order chi connectivity index (χ0) is 18.3. The lowest BCUT2D eigenvalue weighted by Gasteiger charge is -2.07. The van der Waals surface area contributed by atoms with Crippen LogP contribution in [0.15, 0.2) is 57.8 Å². The molecule has 0 fully saturated rings. The predicted molar refractivity (Wildman–Crippen MR) is 102 cm³/mol. The van der Waals surface area contributed by atoms with Crippen molar-refractivity contribution in [1.82, 2.24) is 4.98 Å². The van der Waals surface area contributed by atoms with Crippen LogP contribution >= 0.6 is 22.9 Å². The van der Waals surface area contributed by atoms with Gasteiger partial charge < -0.3 is 5.11 Å². The summed E-state index contributed by atoms with van der Waals surface area (Å²) in [5.41, 5.74) is 1.50. The number of thiazole rings is 1. The maximum absolute atomic E-state index is 12.7. The first-order valence-electron chi connectivity index (χ1n) is 7.67. The highest BCUT2D eigenvalue weighted by Gasteiger charge is 2.36. The topological polar surface area (TPSA) is 90.5 Å². The van der Waals surface area contributed by atoms with Crippen molar-refractivity contribution in [3.8, 4) is 5.75 Å². The molecule has 7 nitrogen and oxygen atoms in total. The van der Waals surface area contributed by atoms with Crippen LogP contribution in [0.25, 0.3) is 10.2 Å². The fourth-order valence-corrected chi connectivity index (χ4v) is 3.56. The zero-order valence-electron chi connectivity index (χ0n) is 13.5. The van der Waals surface area contributed by atoms with Crippen LogP contribution in [0.5, 0.6) is 5.75 Å². The number of carbonyl (C=O) groups excluding carboxylic acids is 1. The molecule has 1 aliphatic heterocycles. The van der Waals surface area contributed by atoms with Gasteiger partial charge in [0.15, 0.2) is 6.04 Å². The first-order chi connectivity index (χ1) is 12.5. The second kappa shape index (κ2) is 6.47. The minimum Gasteiger partial charge on any atom is -0.506 e. The molecule has 1 N–H and O–H groups in total. The van der Waals surface area contributed by atoms with Crippen LogP contribution in [0.1, 0.15) is 6.92 Å². The second-order valence-corrected chi connectivity index (χ2v) is 7.05. The van der Waals surface area contributed by atoms with Crippen LogP contribution in [0.4, 0.5) is 10.8 Å². The number of hydrogen-bond donors (Lipinski definition) is 1. The van der Waals surface area contributed by atoms with Gasteiger partial charge in [0.05, 0.1) is 15.9 Å². The molecule has 0 spiro atoms. The van der Waals surface area contributed by atoms with Gasteiger partial charge in [-0.2, -0.15) is 20.3 Å². The number of rotatable bonds is 3. The number of hydrazone groups is 1. The van der Waals surface area contributed by atoms with Crippen LogP contribution in [-0.2, 0) is 4.79 Å². The van der Waals surface area contributed by atoms with E-state index < -0.39 is 6.04 Å². The van der Waals surface area contributed by atoms with Gasteiger partial charge in [-0.15, -0.1) is 0 Å². The van der Waals surface area contributed by atoms with Gasteiger partial charge in [-0.25, -0.2) is 4.98 Å². The minimum atomic E-state index is -0.861. The molecule has 1 aromatic heterocycles. The Kier molecular flexibility index (Phi) is 4.14. The van der Waals surface area contributed by atoms with Gasteiger partial charge in [0.1, 0.15) is 11.4 Å². The molecule has 0 saturated carbocycles. The van der Waals surface area contributed by atoms with Gasteiger partial charge >= 0.3 is 0 Å². The van der Waals surface area contributed by atoms with Crippen molar-refractivity contribution in [3.63, 3.8) is 0 Å². The van der Waals surface area contributed by atoms with E-state index in [0.29, 0.717) is 15.9 Å². The third-order valence-corrected chi connectivity index (χ3v) is 5.03. The van der Waals surface area contributed by atoms with Crippen molar-refractivity contribution in [2.75, 3.05) is 5.01 Å². The highest BCUT2D eigenvalue weighted by molar-refractivity contribution is 7.22. The molecule has 1 amide bonds. The van der Waals surface area contributed by atoms with Crippen molar-refractivity contribution in [3.05, 3.63) is 47.5 Å². The summed E-state index contributed by atoms with van der Waals surface area (Å²) in [7, 11) is 0. The van der Waals surface area contributed by atoms with Crippen molar-refractivity contribution in [2.24, 2.45) is 15.3 Å². The smallest absolute Gasteiger partial charge is 0.282 e. The summed E-state index contributed by atoms with van der Waals surface area (Å²) in [6, 6.07) is 11.2. The maximum Gasteiger partial charge on any atom is 0.282 e. The standard InChI is InChI=1S/C17H12ClN5O2S/c1-9-15(21-20-12-8-10(18)6-7-13(12)24)16(25)23(22-9)17-19-11-4-2-3-5-14(11)26-17/h2-8,15,24H,1H3. The Morgan fingerprint density at radius 1 is 1.27 bits per heavy atom. The third kappa shape index (κ3) is 2.93. The van der Waals surface area contributed by atoms with Crippen molar-refractivity contribution in [1.29, 1.82) is 0 Å². The molecule has 26 heavy (non-hydrogen) atoms. The number of nitrogens with zero attached hydrogens (tertiary/aromatic N) is 5. The van der Waals surface area contributed by atoms with Crippen molar-refractivity contribution >= 4 is 55.6 Å². The van der Waals surface area contributed by atoms with E-state index in [4.69, 9.17) is 11.6 Å². The van der Waals surface area contributed by atoms with Crippen molar-refractivity contribution in [2.45, 2.75) is 13.0 Å². The molecular formula is C17H12ClN5O2S. The van der Waals surface area contributed by atoms with E-state index in [0.717, 1.165) is 10.2 Å². The lowest BCUT2D eigenvalue weighted by Crippen LogP contribution is -2.29. The molecule has 1 aliphatic rings. The average Bonchev–Trinajstić information content (AvgIpc) is 3.17. The molecule has 130 valence electrons. The summed E-state index contributed by atoms with van der Waals surface area (Å²) >= 11 is 7.27. The summed E-state index contributed by atoms with van der Waals surface area (Å²) in [4.78, 5) is 17.1. The molecule has 1 atom stereocenters. The highest BCUT2D eigenvalue weighted by atomic mass is 35.5. The molecule has 0 aliphatic carbocycles. The fourth-order valence-electron chi connectivity index (χ4n) is 2.47. The second-order valence-electron chi connectivity index (χ2n) is 5.61. The number of para-hydroxylation sites is 1. The van der Waals surface area contributed by atoms with E-state index >= 15 is 0 Å². The van der Waals surface area contributed by atoms with E-state index in [1.165, 1.54) is 34.5 Å². The number of phenols is 1. The SMILES string of the molecule is CC1=NN(c2nc3ccccc3s2)C(=O)C1N=Nc1cc(Cl)ccc1O.